The minimum Gasteiger partial charge on any atom is -0.340 e. The van der Waals surface area contributed by atoms with Gasteiger partial charge in [-0.2, -0.15) is 4.98 Å². The molecule has 3 aromatic rings. The zero-order valence-corrected chi connectivity index (χ0v) is 18.8. The fourth-order valence-electron chi connectivity index (χ4n) is 4.73. The summed E-state index contributed by atoms with van der Waals surface area (Å²) in [5.41, 5.74) is 4.44. The minimum absolute atomic E-state index is 0.286. The molecule has 1 saturated heterocycles. The van der Waals surface area contributed by atoms with E-state index < -0.39 is 0 Å². The Hall–Kier alpha value is -2.51. The number of pyridine rings is 1. The number of benzene rings is 1. The highest BCUT2D eigenvalue weighted by molar-refractivity contribution is 7.22. The van der Waals surface area contributed by atoms with Gasteiger partial charge in [0.1, 0.15) is 0 Å². The average molecular weight is 436 g/mol. The smallest absolute Gasteiger partial charge is 0.225 e. The maximum atomic E-state index is 12.7. The van der Waals surface area contributed by atoms with Crippen LogP contribution in [0.5, 0.6) is 0 Å². The number of nitrogens with one attached hydrogen (secondary N) is 1. The molecule has 31 heavy (non-hydrogen) atoms. The van der Waals surface area contributed by atoms with E-state index >= 15 is 0 Å². The van der Waals surface area contributed by atoms with Crippen LogP contribution in [0.2, 0.25) is 0 Å². The molecule has 0 unspecified atom stereocenters. The lowest BCUT2D eigenvalue weighted by molar-refractivity contribution is -0.137. The van der Waals surface area contributed by atoms with Crippen molar-refractivity contribution >= 4 is 38.4 Å². The summed E-state index contributed by atoms with van der Waals surface area (Å²) in [7, 11) is 0. The summed E-state index contributed by atoms with van der Waals surface area (Å²) < 4.78 is 1.09. The van der Waals surface area contributed by atoms with Crippen LogP contribution >= 0.6 is 11.3 Å². The van der Waals surface area contributed by atoms with Gasteiger partial charge in [-0.1, -0.05) is 36.3 Å². The molecule has 0 bridgehead atoms. The van der Waals surface area contributed by atoms with Crippen molar-refractivity contribution in [3.8, 4) is 0 Å². The number of amides is 1. The molecular weight excluding hydrogens is 406 g/mol. The first-order valence-electron chi connectivity index (χ1n) is 11.3. The maximum absolute atomic E-state index is 12.7. The Morgan fingerprint density at radius 2 is 1.94 bits per heavy atom. The van der Waals surface area contributed by atoms with Crippen molar-refractivity contribution in [1.29, 1.82) is 0 Å². The largest absolute Gasteiger partial charge is 0.340 e. The highest BCUT2D eigenvalue weighted by atomic mass is 32.1. The van der Waals surface area contributed by atoms with E-state index in [1.54, 1.807) is 17.5 Å². The van der Waals surface area contributed by atoms with Crippen LogP contribution in [-0.2, 0) is 11.3 Å². The maximum Gasteiger partial charge on any atom is 0.225 e. The number of carbonyl (C=O) groups is 1. The highest BCUT2D eigenvalue weighted by Crippen LogP contribution is 2.30. The first-order chi connectivity index (χ1) is 15.2. The van der Waals surface area contributed by atoms with Crippen LogP contribution in [0.3, 0.4) is 0 Å². The Morgan fingerprint density at radius 1 is 1.13 bits per heavy atom. The van der Waals surface area contributed by atoms with Gasteiger partial charge < -0.3 is 10.2 Å². The Morgan fingerprint density at radius 3 is 2.71 bits per heavy atom. The van der Waals surface area contributed by atoms with Crippen molar-refractivity contribution in [2.75, 3.05) is 31.5 Å². The van der Waals surface area contributed by atoms with Crippen molar-refractivity contribution < 1.29 is 4.79 Å². The standard InChI is InChI=1S/C24H29N5OS/c1-17-19(16-28-12-14-29(15-13-28)23(30)18-6-2-3-7-18)8-4-9-20(17)26-24-27-22-21(31-24)10-5-11-25-22/h4-5,8-11,18H,2-3,6-7,12-16H2,1H3,(H,25,26,27). The number of piperazine rings is 1. The van der Waals surface area contributed by atoms with Crippen LogP contribution in [-0.4, -0.2) is 51.9 Å². The molecule has 0 radical (unpaired) electrons. The van der Waals surface area contributed by atoms with Crippen LogP contribution in [0.4, 0.5) is 10.8 Å². The topological polar surface area (TPSA) is 61.4 Å². The summed E-state index contributed by atoms with van der Waals surface area (Å²) in [6, 6.07) is 10.4. The molecule has 1 aromatic carbocycles. The molecule has 5 rings (SSSR count). The second kappa shape index (κ2) is 8.93. The lowest BCUT2D eigenvalue weighted by Crippen LogP contribution is -2.49. The number of anilines is 2. The van der Waals surface area contributed by atoms with Crippen LogP contribution in [0.1, 0.15) is 36.8 Å². The first-order valence-corrected chi connectivity index (χ1v) is 12.1. The van der Waals surface area contributed by atoms with Crippen molar-refractivity contribution in [2.45, 2.75) is 39.2 Å². The summed E-state index contributed by atoms with van der Waals surface area (Å²) in [6.07, 6.45) is 6.38. The number of thiazole rings is 1. The molecule has 1 aliphatic heterocycles. The van der Waals surface area contributed by atoms with E-state index in [2.05, 4.69) is 50.2 Å². The van der Waals surface area contributed by atoms with Crippen LogP contribution < -0.4 is 5.32 Å². The van der Waals surface area contributed by atoms with E-state index in [9.17, 15) is 4.79 Å². The third-order valence-corrected chi connectivity index (χ3v) is 7.56. The van der Waals surface area contributed by atoms with Gasteiger partial charge in [0.15, 0.2) is 10.8 Å². The molecule has 6 nitrogen and oxygen atoms in total. The van der Waals surface area contributed by atoms with Gasteiger partial charge in [-0.15, -0.1) is 0 Å². The molecule has 3 heterocycles. The van der Waals surface area contributed by atoms with Gasteiger partial charge in [0, 0.05) is 50.5 Å². The quantitative estimate of drug-likeness (QED) is 0.636. The van der Waals surface area contributed by atoms with E-state index in [1.165, 1.54) is 24.0 Å². The third kappa shape index (κ3) is 4.43. The summed E-state index contributed by atoms with van der Waals surface area (Å²) in [5.74, 6) is 0.680. The van der Waals surface area contributed by atoms with Gasteiger partial charge >= 0.3 is 0 Å². The van der Waals surface area contributed by atoms with Gasteiger partial charge in [-0.3, -0.25) is 9.69 Å². The molecule has 1 aliphatic carbocycles. The molecule has 2 aromatic heterocycles. The van der Waals surface area contributed by atoms with Crippen LogP contribution in [0.25, 0.3) is 10.3 Å². The van der Waals surface area contributed by atoms with Gasteiger partial charge in [-0.05, 0) is 49.1 Å². The first kappa shape index (κ1) is 20.4. The minimum atomic E-state index is 0.286. The van der Waals surface area contributed by atoms with Gasteiger partial charge in [0.05, 0.1) is 4.70 Å². The SMILES string of the molecule is Cc1c(CN2CCN(C(=O)C3CCCC3)CC2)cccc1Nc1nc2ncccc2s1. The fourth-order valence-corrected chi connectivity index (χ4v) is 5.56. The Labute approximate surface area is 187 Å². The average Bonchev–Trinajstić information content (AvgIpc) is 3.46. The molecule has 0 atom stereocenters. The zero-order valence-electron chi connectivity index (χ0n) is 18.0. The van der Waals surface area contributed by atoms with Crippen molar-refractivity contribution in [3.05, 3.63) is 47.7 Å². The van der Waals surface area contributed by atoms with E-state index in [1.807, 2.05) is 12.1 Å². The molecule has 0 spiro atoms. The van der Waals surface area contributed by atoms with Crippen molar-refractivity contribution in [2.24, 2.45) is 5.92 Å². The molecule has 1 N–H and O–H groups in total. The molecule has 1 amide bonds. The zero-order chi connectivity index (χ0) is 21.2. The second-order valence-electron chi connectivity index (χ2n) is 8.64. The number of nitrogens with zero attached hydrogens (tertiary/aromatic N) is 4. The fraction of sp³-hybridized carbons (Fsp3) is 0.458. The lowest BCUT2D eigenvalue weighted by Gasteiger charge is -2.36. The van der Waals surface area contributed by atoms with Crippen LogP contribution in [0, 0.1) is 12.8 Å². The summed E-state index contributed by atoms with van der Waals surface area (Å²) in [6.45, 7) is 6.67. The molecule has 7 heteroatoms. The van der Waals surface area contributed by atoms with Gasteiger partial charge in [0.25, 0.3) is 0 Å². The van der Waals surface area contributed by atoms with Gasteiger partial charge in [-0.25, -0.2) is 4.98 Å². The molecule has 1 saturated carbocycles. The lowest BCUT2D eigenvalue weighted by atomic mass is 10.0. The number of fused-ring (bicyclic) bond motifs is 1. The van der Waals surface area contributed by atoms with E-state index in [-0.39, 0.29) is 5.92 Å². The predicted octanol–water partition coefficient (Wildman–Crippen LogP) is 4.58. The Kier molecular flexibility index (Phi) is 5.87. The molecule has 2 fully saturated rings. The number of aromatic nitrogens is 2. The Balaban J connectivity index is 1.22. The van der Waals surface area contributed by atoms with E-state index in [0.29, 0.717) is 5.91 Å². The molecular formula is C24H29N5OS. The monoisotopic (exact) mass is 435 g/mol. The normalized spacial score (nSPS) is 18.0. The highest BCUT2D eigenvalue weighted by Gasteiger charge is 2.29. The number of carbonyl (C=O) groups excluding carboxylic acids is 1. The van der Waals surface area contributed by atoms with Crippen LogP contribution in [0.15, 0.2) is 36.5 Å². The van der Waals surface area contributed by atoms with Crippen molar-refractivity contribution in [1.82, 2.24) is 19.8 Å². The van der Waals surface area contributed by atoms with Gasteiger partial charge in [0.2, 0.25) is 5.91 Å². The summed E-state index contributed by atoms with van der Waals surface area (Å²) in [5, 5.41) is 4.36. The third-order valence-electron chi connectivity index (χ3n) is 6.63. The van der Waals surface area contributed by atoms with E-state index in [0.717, 1.165) is 66.7 Å². The molecule has 162 valence electrons. The predicted molar refractivity (Wildman–Crippen MR) is 126 cm³/mol. The number of hydrogen-bond donors (Lipinski definition) is 1. The van der Waals surface area contributed by atoms with E-state index in [4.69, 9.17) is 0 Å². The summed E-state index contributed by atoms with van der Waals surface area (Å²) in [4.78, 5) is 26.2. The summed E-state index contributed by atoms with van der Waals surface area (Å²) >= 11 is 1.62. The second-order valence-corrected chi connectivity index (χ2v) is 9.67. The number of hydrogen-bond acceptors (Lipinski definition) is 6. The van der Waals surface area contributed by atoms with Crippen molar-refractivity contribution in [3.63, 3.8) is 0 Å². The Bertz CT molecular complexity index is 1030. The number of rotatable bonds is 5. The molecule has 2 aliphatic rings.